The summed E-state index contributed by atoms with van der Waals surface area (Å²) < 4.78 is 0. The van der Waals surface area contributed by atoms with Crippen LogP contribution >= 0.6 is 11.3 Å². The Balaban J connectivity index is 2.20. The Morgan fingerprint density at radius 2 is 1.94 bits per heavy atom. The number of imide groups is 2. The Hall–Kier alpha value is -2.03. The molecule has 2 N–H and O–H groups in total. The van der Waals surface area contributed by atoms with Gasteiger partial charge in [-0.3, -0.25) is 14.5 Å². The van der Waals surface area contributed by atoms with E-state index in [2.05, 4.69) is 10.2 Å². The van der Waals surface area contributed by atoms with Crippen LogP contribution in [-0.2, 0) is 16.1 Å². The molecule has 9 heteroatoms. The number of nitrogens with zero attached hydrogens (tertiary/aromatic N) is 4. The molecule has 1 aliphatic rings. The minimum atomic E-state index is -0.860. The molecule has 1 saturated heterocycles. The molecule has 4 amide bonds. The zero-order valence-electron chi connectivity index (χ0n) is 8.21. The number of nitrogen functional groups attached to an aromatic ring is 1. The molecule has 0 atom stereocenters. The summed E-state index contributed by atoms with van der Waals surface area (Å²) in [6.07, 6.45) is 0. The standard InChI is InChI=1S/C7H7N5O3S/c1-11-4(13)5(14)12(7(11)15)2-3-9-10-6(8)16-3/h2H2,1H3,(H2,8,10). The van der Waals surface area contributed by atoms with E-state index in [-0.39, 0.29) is 11.7 Å². The number of carbonyl (C=O) groups is 3. The molecular formula is C7H7N5O3S. The fraction of sp³-hybridized carbons (Fsp3) is 0.286. The number of amides is 4. The number of likely N-dealkylation sites (N-methyl/N-ethyl adjacent to an activating group) is 1. The van der Waals surface area contributed by atoms with E-state index >= 15 is 0 Å². The van der Waals surface area contributed by atoms with E-state index in [1.54, 1.807) is 0 Å². The van der Waals surface area contributed by atoms with Gasteiger partial charge in [0.1, 0.15) is 5.01 Å². The average Bonchev–Trinajstić information content (AvgIpc) is 2.73. The summed E-state index contributed by atoms with van der Waals surface area (Å²) in [5.74, 6) is -1.70. The maximum absolute atomic E-state index is 11.5. The lowest BCUT2D eigenvalue weighted by Crippen LogP contribution is -2.30. The Kier molecular flexibility index (Phi) is 2.31. The molecule has 2 heterocycles. The largest absolute Gasteiger partial charge is 0.374 e. The summed E-state index contributed by atoms with van der Waals surface area (Å²) >= 11 is 1.06. The number of aromatic nitrogens is 2. The first-order valence-electron chi connectivity index (χ1n) is 4.22. The minimum absolute atomic E-state index is 0.0807. The van der Waals surface area contributed by atoms with Crippen LogP contribution in [-0.4, -0.2) is 44.9 Å². The van der Waals surface area contributed by atoms with Gasteiger partial charge in [-0.25, -0.2) is 9.69 Å². The van der Waals surface area contributed by atoms with Gasteiger partial charge in [-0.15, -0.1) is 10.2 Å². The van der Waals surface area contributed by atoms with Crippen molar-refractivity contribution in [1.82, 2.24) is 20.0 Å². The molecule has 0 spiro atoms. The number of carbonyl (C=O) groups excluding carboxylic acids is 3. The Morgan fingerprint density at radius 3 is 2.38 bits per heavy atom. The first-order chi connectivity index (χ1) is 7.50. The molecule has 0 bridgehead atoms. The van der Waals surface area contributed by atoms with Crippen molar-refractivity contribution in [2.24, 2.45) is 0 Å². The predicted octanol–water partition coefficient (Wildman–Crippen LogP) is -0.959. The Labute approximate surface area is 93.6 Å². The fourth-order valence-corrected chi connectivity index (χ4v) is 1.82. The van der Waals surface area contributed by atoms with E-state index in [0.717, 1.165) is 21.1 Å². The molecule has 2 rings (SSSR count). The molecule has 84 valence electrons. The fourth-order valence-electron chi connectivity index (χ4n) is 1.22. The third kappa shape index (κ3) is 1.50. The van der Waals surface area contributed by atoms with Crippen LogP contribution in [0.1, 0.15) is 5.01 Å². The van der Waals surface area contributed by atoms with Gasteiger partial charge in [0.2, 0.25) is 5.13 Å². The lowest BCUT2D eigenvalue weighted by molar-refractivity contribution is -0.143. The number of urea groups is 1. The molecule has 1 aromatic heterocycles. The number of nitrogens with two attached hydrogens (primary N) is 1. The van der Waals surface area contributed by atoms with E-state index < -0.39 is 17.8 Å². The lowest BCUT2D eigenvalue weighted by Gasteiger charge is -2.09. The second kappa shape index (κ2) is 3.52. The quantitative estimate of drug-likeness (QED) is 0.527. The van der Waals surface area contributed by atoms with Gasteiger partial charge in [0.05, 0.1) is 6.54 Å². The van der Waals surface area contributed by atoms with Crippen molar-refractivity contribution in [3.05, 3.63) is 5.01 Å². The molecule has 0 unspecified atom stereocenters. The second-order valence-corrected chi connectivity index (χ2v) is 4.17. The van der Waals surface area contributed by atoms with Crippen LogP contribution in [0.5, 0.6) is 0 Å². The second-order valence-electron chi connectivity index (χ2n) is 3.07. The maximum atomic E-state index is 11.5. The highest BCUT2D eigenvalue weighted by molar-refractivity contribution is 7.15. The molecule has 0 radical (unpaired) electrons. The summed E-state index contributed by atoms with van der Waals surface area (Å²) in [4.78, 5) is 35.6. The number of hydrogen-bond acceptors (Lipinski definition) is 7. The van der Waals surface area contributed by atoms with E-state index in [1.165, 1.54) is 7.05 Å². The van der Waals surface area contributed by atoms with Crippen molar-refractivity contribution >= 4 is 34.3 Å². The highest BCUT2D eigenvalue weighted by atomic mass is 32.1. The average molecular weight is 241 g/mol. The summed E-state index contributed by atoms with van der Waals surface area (Å²) in [6.45, 7) is -0.0807. The van der Waals surface area contributed by atoms with Crippen molar-refractivity contribution in [3.8, 4) is 0 Å². The zero-order chi connectivity index (χ0) is 11.9. The molecule has 16 heavy (non-hydrogen) atoms. The summed E-state index contributed by atoms with van der Waals surface area (Å²) in [5, 5.41) is 7.86. The van der Waals surface area contributed by atoms with Crippen molar-refractivity contribution in [2.75, 3.05) is 12.8 Å². The topological polar surface area (TPSA) is 109 Å². The highest BCUT2D eigenvalue weighted by Gasteiger charge is 2.42. The molecule has 0 aromatic carbocycles. The number of rotatable bonds is 2. The van der Waals surface area contributed by atoms with Gasteiger partial charge in [-0.1, -0.05) is 11.3 Å². The third-order valence-corrected chi connectivity index (χ3v) is 2.76. The van der Waals surface area contributed by atoms with Gasteiger partial charge in [-0.05, 0) is 0 Å². The molecule has 0 saturated carbocycles. The van der Waals surface area contributed by atoms with Crippen LogP contribution < -0.4 is 5.73 Å². The lowest BCUT2D eigenvalue weighted by atomic mass is 10.5. The SMILES string of the molecule is CN1C(=O)C(=O)N(Cc2nnc(N)s2)C1=O. The molecule has 8 nitrogen and oxygen atoms in total. The van der Waals surface area contributed by atoms with Gasteiger partial charge in [-0.2, -0.15) is 0 Å². The van der Waals surface area contributed by atoms with Gasteiger partial charge >= 0.3 is 17.8 Å². The van der Waals surface area contributed by atoms with Crippen molar-refractivity contribution < 1.29 is 14.4 Å². The predicted molar refractivity (Wildman–Crippen MR) is 53.0 cm³/mol. The minimum Gasteiger partial charge on any atom is -0.374 e. The Morgan fingerprint density at radius 1 is 1.25 bits per heavy atom. The first kappa shape index (κ1) is 10.5. The van der Waals surface area contributed by atoms with Gasteiger partial charge < -0.3 is 5.73 Å². The number of anilines is 1. The normalized spacial score (nSPS) is 16.4. The van der Waals surface area contributed by atoms with Crippen molar-refractivity contribution in [2.45, 2.75) is 6.54 Å². The maximum Gasteiger partial charge on any atom is 0.334 e. The molecule has 1 aromatic rings. The third-order valence-electron chi connectivity index (χ3n) is 2.03. The summed E-state index contributed by atoms with van der Waals surface area (Å²) in [7, 11) is 1.25. The van der Waals surface area contributed by atoms with E-state index in [9.17, 15) is 14.4 Å². The van der Waals surface area contributed by atoms with Crippen LogP contribution in [0.4, 0.5) is 9.93 Å². The molecular weight excluding hydrogens is 234 g/mol. The number of hydrogen-bond donors (Lipinski definition) is 1. The van der Waals surface area contributed by atoms with E-state index in [1.807, 2.05) is 0 Å². The van der Waals surface area contributed by atoms with Crippen LogP contribution in [0.25, 0.3) is 0 Å². The molecule has 1 aliphatic heterocycles. The van der Waals surface area contributed by atoms with Crippen LogP contribution in [0.2, 0.25) is 0 Å². The smallest absolute Gasteiger partial charge is 0.334 e. The van der Waals surface area contributed by atoms with Crippen LogP contribution in [0.3, 0.4) is 0 Å². The highest BCUT2D eigenvalue weighted by Crippen LogP contribution is 2.17. The van der Waals surface area contributed by atoms with E-state index in [4.69, 9.17) is 5.73 Å². The van der Waals surface area contributed by atoms with Gasteiger partial charge in [0, 0.05) is 7.05 Å². The summed E-state index contributed by atoms with van der Waals surface area (Å²) in [6, 6.07) is -0.663. The van der Waals surface area contributed by atoms with E-state index in [0.29, 0.717) is 5.01 Å². The Bertz CT molecular complexity index is 484. The van der Waals surface area contributed by atoms with Gasteiger partial charge in [0.25, 0.3) is 0 Å². The summed E-state index contributed by atoms with van der Waals surface area (Å²) in [5.41, 5.74) is 5.36. The van der Waals surface area contributed by atoms with Crippen molar-refractivity contribution in [3.63, 3.8) is 0 Å². The monoisotopic (exact) mass is 241 g/mol. The zero-order valence-corrected chi connectivity index (χ0v) is 9.02. The first-order valence-corrected chi connectivity index (χ1v) is 5.03. The van der Waals surface area contributed by atoms with Crippen LogP contribution in [0, 0.1) is 0 Å². The molecule has 1 fully saturated rings. The van der Waals surface area contributed by atoms with Crippen LogP contribution in [0.15, 0.2) is 0 Å². The molecule has 0 aliphatic carbocycles. The van der Waals surface area contributed by atoms with Crippen molar-refractivity contribution in [1.29, 1.82) is 0 Å². The van der Waals surface area contributed by atoms with Gasteiger partial charge in [0.15, 0.2) is 0 Å².